The van der Waals surface area contributed by atoms with Gasteiger partial charge >= 0.3 is 0 Å². The number of hydrogen-bond donors (Lipinski definition) is 1. The number of aromatic nitrogens is 2. The first-order valence-electron chi connectivity index (χ1n) is 9.38. The first kappa shape index (κ1) is 17.3. The Morgan fingerprint density at radius 2 is 1.70 bits per heavy atom. The van der Waals surface area contributed by atoms with Crippen LogP contribution >= 0.6 is 0 Å². The summed E-state index contributed by atoms with van der Waals surface area (Å²) in [5.74, 6) is 2.52. The molecule has 0 spiro atoms. The predicted octanol–water partition coefficient (Wildman–Crippen LogP) is 4.36. The Kier molecular flexibility index (Phi) is 5.19. The minimum absolute atomic E-state index is 0.661. The molecule has 2 heterocycles. The van der Waals surface area contributed by atoms with Crippen LogP contribution in [0, 0.1) is 0 Å². The lowest BCUT2D eigenvalue weighted by atomic mass is 10.1. The molecule has 2 aromatic carbocycles. The van der Waals surface area contributed by atoms with Crippen LogP contribution in [0.5, 0.6) is 5.75 Å². The molecule has 1 N–H and O–H groups in total. The number of nitrogens with one attached hydrogen (secondary N) is 1. The van der Waals surface area contributed by atoms with Crippen LogP contribution in [0.25, 0.3) is 11.3 Å². The molecule has 0 atom stereocenters. The third-order valence-electron chi connectivity index (χ3n) is 4.82. The van der Waals surface area contributed by atoms with Crippen LogP contribution in [0.3, 0.4) is 0 Å². The fourth-order valence-electron chi connectivity index (χ4n) is 3.30. The monoisotopic (exact) mass is 360 g/mol. The number of nitrogens with zero attached hydrogens (tertiary/aromatic N) is 3. The third-order valence-corrected chi connectivity index (χ3v) is 4.82. The topological polar surface area (TPSA) is 50.3 Å². The van der Waals surface area contributed by atoms with Gasteiger partial charge in [-0.1, -0.05) is 42.5 Å². The third kappa shape index (κ3) is 4.19. The summed E-state index contributed by atoms with van der Waals surface area (Å²) in [6.07, 6.45) is 2.44. The van der Waals surface area contributed by atoms with Gasteiger partial charge in [0.15, 0.2) is 0 Å². The Balaban J connectivity index is 1.59. The van der Waals surface area contributed by atoms with Gasteiger partial charge in [-0.2, -0.15) is 4.98 Å². The van der Waals surface area contributed by atoms with Crippen molar-refractivity contribution < 1.29 is 4.74 Å². The Labute approximate surface area is 160 Å². The second-order valence-electron chi connectivity index (χ2n) is 6.70. The standard InChI is InChI=1S/C22H24N4O/c1-27-19-11-9-17(10-12-19)16-23-22-24-20(18-7-3-2-4-8-18)15-21(25-22)26-13-5-6-14-26/h2-4,7-12,15H,5-6,13-14,16H2,1H3,(H,23,24,25). The van der Waals surface area contributed by atoms with E-state index in [2.05, 4.69) is 28.4 Å². The molecule has 0 saturated carbocycles. The van der Waals surface area contributed by atoms with Gasteiger partial charge in [0.25, 0.3) is 0 Å². The average Bonchev–Trinajstić information content (AvgIpc) is 3.28. The summed E-state index contributed by atoms with van der Waals surface area (Å²) in [6.45, 7) is 2.79. The van der Waals surface area contributed by atoms with Crippen molar-refractivity contribution in [3.05, 3.63) is 66.2 Å². The Morgan fingerprint density at radius 1 is 0.963 bits per heavy atom. The maximum Gasteiger partial charge on any atom is 0.225 e. The van der Waals surface area contributed by atoms with Gasteiger partial charge in [-0.3, -0.25) is 0 Å². The molecule has 138 valence electrons. The lowest BCUT2D eigenvalue weighted by Gasteiger charge is -2.18. The number of hydrogen-bond acceptors (Lipinski definition) is 5. The van der Waals surface area contributed by atoms with E-state index in [4.69, 9.17) is 14.7 Å². The molecule has 1 saturated heterocycles. The second kappa shape index (κ2) is 8.08. The SMILES string of the molecule is COc1ccc(CNc2nc(-c3ccccc3)cc(N3CCCC3)n2)cc1. The lowest BCUT2D eigenvalue weighted by molar-refractivity contribution is 0.414. The van der Waals surface area contributed by atoms with E-state index < -0.39 is 0 Å². The Morgan fingerprint density at radius 3 is 2.41 bits per heavy atom. The molecule has 0 unspecified atom stereocenters. The molecule has 1 aliphatic heterocycles. The van der Waals surface area contributed by atoms with Crippen LogP contribution in [0.15, 0.2) is 60.7 Å². The van der Waals surface area contributed by atoms with Crippen LogP contribution in [-0.2, 0) is 6.54 Å². The highest BCUT2D eigenvalue weighted by Gasteiger charge is 2.16. The van der Waals surface area contributed by atoms with Crippen molar-refractivity contribution in [1.29, 1.82) is 0 Å². The summed E-state index contributed by atoms with van der Waals surface area (Å²) in [6, 6.07) is 20.4. The van der Waals surface area contributed by atoms with Gasteiger partial charge in [-0.05, 0) is 30.5 Å². The van der Waals surface area contributed by atoms with Crippen molar-refractivity contribution in [2.75, 3.05) is 30.4 Å². The Hall–Kier alpha value is -3.08. The Bertz CT molecular complexity index is 875. The number of ether oxygens (including phenoxy) is 1. The highest BCUT2D eigenvalue weighted by molar-refractivity contribution is 5.65. The van der Waals surface area contributed by atoms with Gasteiger partial charge < -0.3 is 15.0 Å². The number of anilines is 2. The molecule has 0 aliphatic carbocycles. The average molecular weight is 360 g/mol. The van der Waals surface area contributed by atoms with Crippen LogP contribution in [0.1, 0.15) is 18.4 Å². The summed E-state index contributed by atoms with van der Waals surface area (Å²) >= 11 is 0. The number of benzene rings is 2. The van der Waals surface area contributed by atoms with E-state index in [-0.39, 0.29) is 0 Å². The molecular weight excluding hydrogens is 336 g/mol. The molecule has 1 fully saturated rings. The van der Waals surface area contributed by atoms with Gasteiger partial charge in [0.05, 0.1) is 12.8 Å². The summed E-state index contributed by atoms with van der Waals surface area (Å²) in [5, 5.41) is 3.38. The first-order valence-corrected chi connectivity index (χ1v) is 9.38. The fraction of sp³-hybridized carbons (Fsp3) is 0.273. The van der Waals surface area contributed by atoms with E-state index in [1.54, 1.807) is 7.11 Å². The maximum absolute atomic E-state index is 5.22. The van der Waals surface area contributed by atoms with Crippen LogP contribution < -0.4 is 15.0 Å². The van der Waals surface area contributed by atoms with Crippen molar-refractivity contribution in [2.24, 2.45) is 0 Å². The summed E-state index contributed by atoms with van der Waals surface area (Å²) in [7, 11) is 1.68. The van der Waals surface area contributed by atoms with Crippen molar-refractivity contribution >= 4 is 11.8 Å². The normalized spacial score (nSPS) is 13.6. The van der Waals surface area contributed by atoms with Gasteiger partial charge in [0.1, 0.15) is 11.6 Å². The van der Waals surface area contributed by atoms with Gasteiger partial charge in [-0.25, -0.2) is 4.98 Å². The largest absolute Gasteiger partial charge is 0.497 e. The van der Waals surface area contributed by atoms with E-state index in [1.807, 2.05) is 42.5 Å². The zero-order valence-electron chi connectivity index (χ0n) is 15.6. The lowest BCUT2D eigenvalue weighted by Crippen LogP contribution is -2.20. The van der Waals surface area contributed by atoms with Gasteiger partial charge in [0, 0.05) is 31.3 Å². The van der Waals surface area contributed by atoms with Crippen LogP contribution in [0.4, 0.5) is 11.8 Å². The fourth-order valence-corrected chi connectivity index (χ4v) is 3.30. The first-order chi connectivity index (χ1) is 13.3. The van der Waals surface area contributed by atoms with E-state index in [0.29, 0.717) is 12.5 Å². The molecule has 0 bridgehead atoms. The van der Waals surface area contributed by atoms with Crippen LogP contribution in [-0.4, -0.2) is 30.2 Å². The van der Waals surface area contributed by atoms with E-state index in [1.165, 1.54) is 12.8 Å². The molecule has 27 heavy (non-hydrogen) atoms. The smallest absolute Gasteiger partial charge is 0.225 e. The quantitative estimate of drug-likeness (QED) is 0.708. The molecule has 0 radical (unpaired) electrons. The predicted molar refractivity (Wildman–Crippen MR) is 109 cm³/mol. The molecular formula is C22H24N4O. The van der Waals surface area contributed by atoms with E-state index >= 15 is 0 Å². The molecule has 0 amide bonds. The maximum atomic E-state index is 5.22. The van der Waals surface area contributed by atoms with E-state index in [9.17, 15) is 0 Å². The second-order valence-corrected chi connectivity index (χ2v) is 6.70. The number of methoxy groups -OCH3 is 1. The molecule has 1 aliphatic rings. The summed E-state index contributed by atoms with van der Waals surface area (Å²) in [5.41, 5.74) is 3.21. The zero-order valence-corrected chi connectivity index (χ0v) is 15.6. The number of rotatable bonds is 6. The molecule has 1 aromatic heterocycles. The van der Waals surface area contributed by atoms with Crippen molar-refractivity contribution in [3.8, 4) is 17.0 Å². The molecule has 4 rings (SSSR count). The minimum Gasteiger partial charge on any atom is -0.497 e. The molecule has 5 nitrogen and oxygen atoms in total. The van der Waals surface area contributed by atoms with E-state index in [0.717, 1.165) is 41.5 Å². The highest BCUT2D eigenvalue weighted by Crippen LogP contribution is 2.26. The van der Waals surface area contributed by atoms with Crippen LogP contribution in [0.2, 0.25) is 0 Å². The molecule has 5 heteroatoms. The summed E-state index contributed by atoms with van der Waals surface area (Å²) < 4.78 is 5.22. The highest BCUT2D eigenvalue weighted by atomic mass is 16.5. The minimum atomic E-state index is 0.661. The van der Waals surface area contributed by atoms with Crippen molar-refractivity contribution in [1.82, 2.24) is 9.97 Å². The van der Waals surface area contributed by atoms with Crippen molar-refractivity contribution in [2.45, 2.75) is 19.4 Å². The zero-order chi connectivity index (χ0) is 18.5. The summed E-state index contributed by atoms with van der Waals surface area (Å²) in [4.78, 5) is 11.9. The van der Waals surface area contributed by atoms with Gasteiger partial charge in [-0.15, -0.1) is 0 Å². The van der Waals surface area contributed by atoms with Crippen molar-refractivity contribution in [3.63, 3.8) is 0 Å². The molecule has 3 aromatic rings. The van der Waals surface area contributed by atoms with Gasteiger partial charge in [0.2, 0.25) is 5.95 Å².